The van der Waals surface area contributed by atoms with E-state index in [1.165, 1.54) is 12.1 Å². The molecule has 2 rings (SSSR count). The summed E-state index contributed by atoms with van der Waals surface area (Å²) in [5.41, 5.74) is 0.0937. The lowest BCUT2D eigenvalue weighted by Crippen LogP contribution is -2.26. The Morgan fingerprint density at radius 1 is 1.35 bits per heavy atom. The summed E-state index contributed by atoms with van der Waals surface area (Å²) in [5, 5.41) is 14.9. The van der Waals surface area contributed by atoms with Crippen molar-refractivity contribution in [1.29, 1.82) is 5.26 Å². The lowest BCUT2D eigenvalue weighted by molar-refractivity contribution is -0.141. The fraction of sp³-hybridized carbons (Fsp3) is 0.222. The van der Waals surface area contributed by atoms with Crippen LogP contribution in [0.5, 0.6) is 0 Å². The van der Waals surface area contributed by atoms with E-state index in [-0.39, 0.29) is 11.2 Å². The number of alkyl halides is 4. The third-order valence-electron chi connectivity index (χ3n) is 2.11. The maximum Gasteiger partial charge on any atom is 0.366 e. The molecule has 0 atom stereocenters. The molecule has 0 unspecified atom stereocenters. The van der Waals surface area contributed by atoms with Gasteiger partial charge in [0.25, 0.3) is 0 Å². The number of hydrogen-bond acceptors (Lipinski definition) is 3. The van der Waals surface area contributed by atoms with Crippen LogP contribution >= 0.6 is 0 Å². The number of fused-ring (bicyclic) bond motifs is 1. The third-order valence-corrected chi connectivity index (χ3v) is 2.11. The first kappa shape index (κ1) is 11.3. The fourth-order valence-corrected chi connectivity index (χ4v) is 1.29. The smallest absolute Gasteiger partial charge is 0.281 e. The van der Waals surface area contributed by atoms with Gasteiger partial charge in [0, 0.05) is 12.3 Å². The zero-order valence-corrected chi connectivity index (χ0v) is 8.11. The quantitative estimate of drug-likeness (QED) is 0.759. The minimum atomic E-state index is -4.38. The molecule has 2 heterocycles. The van der Waals surface area contributed by atoms with Crippen molar-refractivity contribution in [1.82, 2.24) is 14.6 Å². The summed E-state index contributed by atoms with van der Waals surface area (Å²) >= 11 is 0. The average Bonchev–Trinajstić information content (AvgIpc) is 2.71. The number of hydrogen-bond donors (Lipinski definition) is 0. The number of pyridine rings is 1. The van der Waals surface area contributed by atoms with Crippen molar-refractivity contribution in [2.24, 2.45) is 0 Å². The van der Waals surface area contributed by atoms with Gasteiger partial charge in [-0.2, -0.15) is 14.0 Å². The first-order valence-electron chi connectivity index (χ1n) is 4.38. The molecular weight excluding hydrogens is 240 g/mol. The predicted octanol–water partition coefficient (Wildman–Crippen LogP) is 1.96. The van der Waals surface area contributed by atoms with E-state index in [0.29, 0.717) is 0 Å². The van der Waals surface area contributed by atoms with Crippen LogP contribution in [0.2, 0.25) is 0 Å². The van der Waals surface area contributed by atoms with Gasteiger partial charge in [0.05, 0.1) is 11.6 Å². The SMILES string of the molecule is N#Cc1ccn2c(C(F)(F)C(F)F)nnc2c1. The van der Waals surface area contributed by atoms with E-state index in [2.05, 4.69) is 10.2 Å². The van der Waals surface area contributed by atoms with Gasteiger partial charge < -0.3 is 0 Å². The third kappa shape index (κ3) is 1.69. The molecule has 17 heavy (non-hydrogen) atoms. The summed E-state index contributed by atoms with van der Waals surface area (Å²) < 4.78 is 51.2. The van der Waals surface area contributed by atoms with Crippen molar-refractivity contribution in [2.75, 3.05) is 0 Å². The Morgan fingerprint density at radius 3 is 2.65 bits per heavy atom. The standard InChI is InChI=1S/C9H4F4N4/c10-7(11)9(12,13)8-16-15-6-3-5(4-14)1-2-17(6)8/h1-3,7H. The van der Waals surface area contributed by atoms with Crippen LogP contribution in [0.1, 0.15) is 11.4 Å². The van der Waals surface area contributed by atoms with Crippen LogP contribution in [0.3, 0.4) is 0 Å². The molecule has 0 aliphatic rings. The van der Waals surface area contributed by atoms with E-state index in [0.717, 1.165) is 10.6 Å². The second-order valence-electron chi connectivity index (χ2n) is 3.20. The summed E-state index contributed by atoms with van der Waals surface area (Å²) in [6.07, 6.45) is -2.81. The highest BCUT2D eigenvalue weighted by Gasteiger charge is 2.47. The van der Waals surface area contributed by atoms with Crippen LogP contribution in [0.25, 0.3) is 5.65 Å². The van der Waals surface area contributed by atoms with Crippen LogP contribution in [-0.4, -0.2) is 21.0 Å². The lowest BCUT2D eigenvalue weighted by Gasteiger charge is -2.12. The highest BCUT2D eigenvalue weighted by Crippen LogP contribution is 2.33. The molecule has 0 bridgehead atoms. The molecule has 0 N–H and O–H groups in total. The zero-order chi connectivity index (χ0) is 12.6. The first-order chi connectivity index (χ1) is 7.96. The fourth-order valence-electron chi connectivity index (χ4n) is 1.29. The molecule has 0 aromatic carbocycles. The zero-order valence-electron chi connectivity index (χ0n) is 8.11. The highest BCUT2D eigenvalue weighted by molar-refractivity contribution is 5.45. The number of halogens is 4. The van der Waals surface area contributed by atoms with Crippen molar-refractivity contribution in [3.05, 3.63) is 29.7 Å². The molecule has 0 saturated heterocycles. The van der Waals surface area contributed by atoms with E-state index in [1.807, 2.05) is 0 Å². The first-order valence-corrected chi connectivity index (χ1v) is 4.38. The Morgan fingerprint density at radius 2 is 2.06 bits per heavy atom. The predicted molar refractivity (Wildman–Crippen MR) is 47.6 cm³/mol. The topological polar surface area (TPSA) is 54.0 Å². The van der Waals surface area contributed by atoms with Gasteiger partial charge in [-0.15, -0.1) is 10.2 Å². The summed E-state index contributed by atoms with van der Waals surface area (Å²) in [6, 6.07) is 4.16. The molecule has 0 radical (unpaired) electrons. The number of rotatable bonds is 2. The second-order valence-corrected chi connectivity index (χ2v) is 3.20. The molecule has 0 spiro atoms. The van der Waals surface area contributed by atoms with Crippen LogP contribution in [0, 0.1) is 11.3 Å². The summed E-state index contributed by atoms with van der Waals surface area (Å²) in [5.74, 6) is -5.53. The van der Waals surface area contributed by atoms with Crippen LogP contribution < -0.4 is 0 Å². The second kappa shape index (κ2) is 3.69. The van der Waals surface area contributed by atoms with E-state index in [4.69, 9.17) is 5.26 Å². The molecule has 0 saturated carbocycles. The minimum absolute atomic E-state index is 0.0839. The Kier molecular flexibility index (Phi) is 2.46. The van der Waals surface area contributed by atoms with Crippen molar-refractivity contribution < 1.29 is 17.6 Å². The Hall–Kier alpha value is -2.17. The van der Waals surface area contributed by atoms with Gasteiger partial charge in [-0.3, -0.25) is 4.40 Å². The van der Waals surface area contributed by atoms with Gasteiger partial charge in [0.15, 0.2) is 5.65 Å². The van der Waals surface area contributed by atoms with E-state index in [1.54, 1.807) is 6.07 Å². The molecule has 0 aliphatic carbocycles. The molecule has 0 amide bonds. The molecule has 88 valence electrons. The normalized spacial score (nSPS) is 12.0. The van der Waals surface area contributed by atoms with E-state index >= 15 is 0 Å². The molecule has 8 heteroatoms. The number of nitrogens with zero attached hydrogens (tertiary/aromatic N) is 4. The van der Waals surface area contributed by atoms with Crippen molar-refractivity contribution in [3.63, 3.8) is 0 Å². The largest absolute Gasteiger partial charge is 0.366 e. The average molecular weight is 244 g/mol. The highest BCUT2D eigenvalue weighted by atomic mass is 19.3. The van der Waals surface area contributed by atoms with Gasteiger partial charge in [-0.25, -0.2) is 8.78 Å². The van der Waals surface area contributed by atoms with Gasteiger partial charge in [0.2, 0.25) is 5.82 Å². The molecule has 0 aliphatic heterocycles. The Labute approximate surface area is 92.1 Å². The molecule has 4 nitrogen and oxygen atoms in total. The maximum atomic E-state index is 13.1. The van der Waals surface area contributed by atoms with Crippen molar-refractivity contribution in [3.8, 4) is 6.07 Å². The number of nitriles is 1. The van der Waals surface area contributed by atoms with Crippen LogP contribution in [0.4, 0.5) is 17.6 Å². The monoisotopic (exact) mass is 244 g/mol. The molecule has 0 fully saturated rings. The Bertz CT molecular complexity index is 599. The summed E-state index contributed by atoms with van der Waals surface area (Å²) in [6.45, 7) is 0. The summed E-state index contributed by atoms with van der Waals surface area (Å²) in [7, 11) is 0. The van der Waals surface area contributed by atoms with Crippen LogP contribution in [0.15, 0.2) is 18.3 Å². The van der Waals surface area contributed by atoms with Crippen LogP contribution in [-0.2, 0) is 5.92 Å². The van der Waals surface area contributed by atoms with E-state index in [9.17, 15) is 17.6 Å². The lowest BCUT2D eigenvalue weighted by atomic mass is 10.3. The summed E-state index contributed by atoms with van der Waals surface area (Å²) in [4.78, 5) is 0. The van der Waals surface area contributed by atoms with Gasteiger partial charge >= 0.3 is 12.3 Å². The molecular formula is C9H4F4N4. The van der Waals surface area contributed by atoms with E-state index < -0.39 is 18.2 Å². The van der Waals surface area contributed by atoms with Gasteiger partial charge in [-0.1, -0.05) is 0 Å². The minimum Gasteiger partial charge on any atom is -0.281 e. The Balaban J connectivity index is 2.62. The maximum absolute atomic E-state index is 13.1. The van der Waals surface area contributed by atoms with Gasteiger partial charge in [0.1, 0.15) is 0 Å². The van der Waals surface area contributed by atoms with Crippen molar-refractivity contribution in [2.45, 2.75) is 12.3 Å². The number of aromatic nitrogens is 3. The van der Waals surface area contributed by atoms with Crippen molar-refractivity contribution >= 4 is 5.65 Å². The molecule has 2 aromatic heterocycles. The van der Waals surface area contributed by atoms with Gasteiger partial charge in [-0.05, 0) is 6.07 Å². The molecule has 2 aromatic rings.